The van der Waals surface area contributed by atoms with Crippen LogP contribution in [0.3, 0.4) is 0 Å². The SMILES string of the molecule is CCCNc1nc(-c2cnccc2C)c2cn[nH]c2n1. The number of aromatic nitrogens is 5. The van der Waals surface area contributed by atoms with Crippen molar-refractivity contribution in [3.05, 3.63) is 30.2 Å². The molecule has 6 nitrogen and oxygen atoms in total. The van der Waals surface area contributed by atoms with Crippen molar-refractivity contribution in [3.63, 3.8) is 0 Å². The number of nitrogens with zero attached hydrogens (tertiary/aromatic N) is 4. The lowest BCUT2D eigenvalue weighted by Crippen LogP contribution is -2.05. The third-order valence-corrected chi connectivity index (χ3v) is 3.14. The number of H-pyrrole nitrogens is 1. The molecule has 0 radical (unpaired) electrons. The van der Waals surface area contributed by atoms with Crippen LogP contribution in [-0.4, -0.2) is 31.7 Å². The van der Waals surface area contributed by atoms with Gasteiger partial charge in [0.05, 0.1) is 17.3 Å². The van der Waals surface area contributed by atoms with E-state index in [1.165, 1.54) is 0 Å². The van der Waals surface area contributed by atoms with Crippen LogP contribution in [0.15, 0.2) is 24.7 Å². The maximum atomic E-state index is 4.62. The summed E-state index contributed by atoms with van der Waals surface area (Å²) in [5.41, 5.74) is 3.72. The van der Waals surface area contributed by atoms with E-state index in [-0.39, 0.29) is 0 Å². The van der Waals surface area contributed by atoms with Gasteiger partial charge in [0.1, 0.15) is 0 Å². The van der Waals surface area contributed by atoms with Crippen LogP contribution < -0.4 is 5.32 Å². The lowest BCUT2D eigenvalue weighted by Gasteiger charge is -2.08. The second kappa shape index (κ2) is 5.24. The molecule has 0 atom stereocenters. The third kappa shape index (κ3) is 2.20. The maximum Gasteiger partial charge on any atom is 0.225 e. The molecule has 0 amide bonds. The number of pyridine rings is 1. The number of aromatic amines is 1. The molecule has 102 valence electrons. The molecule has 20 heavy (non-hydrogen) atoms. The standard InChI is InChI=1S/C14H16N6/c1-3-5-16-14-18-12(10-7-15-6-4-9(10)2)11-8-17-20-13(11)19-14/h4,6-8H,3,5H2,1-2H3,(H2,16,17,18,19,20). The molecule has 3 aromatic heterocycles. The van der Waals surface area contributed by atoms with Crippen LogP contribution in [0.4, 0.5) is 5.95 Å². The fourth-order valence-electron chi connectivity index (χ4n) is 2.07. The minimum absolute atomic E-state index is 0.613. The highest BCUT2D eigenvalue weighted by atomic mass is 15.2. The smallest absolute Gasteiger partial charge is 0.225 e. The van der Waals surface area contributed by atoms with Gasteiger partial charge in [0.15, 0.2) is 5.65 Å². The Morgan fingerprint density at radius 1 is 1.25 bits per heavy atom. The Bertz CT molecular complexity index is 733. The number of nitrogens with one attached hydrogen (secondary N) is 2. The maximum absolute atomic E-state index is 4.62. The first kappa shape index (κ1) is 12.5. The van der Waals surface area contributed by atoms with Gasteiger partial charge in [-0.15, -0.1) is 0 Å². The van der Waals surface area contributed by atoms with Gasteiger partial charge in [-0.05, 0) is 25.0 Å². The Kier molecular flexibility index (Phi) is 3.28. The monoisotopic (exact) mass is 268 g/mol. The minimum Gasteiger partial charge on any atom is -0.354 e. The average Bonchev–Trinajstić information content (AvgIpc) is 2.93. The summed E-state index contributed by atoms with van der Waals surface area (Å²) < 4.78 is 0. The highest BCUT2D eigenvalue weighted by molar-refractivity contribution is 5.91. The topological polar surface area (TPSA) is 79.4 Å². The van der Waals surface area contributed by atoms with Crippen molar-refractivity contribution in [2.45, 2.75) is 20.3 Å². The summed E-state index contributed by atoms with van der Waals surface area (Å²) in [5.74, 6) is 0.613. The Morgan fingerprint density at radius 3 is 2.95 bits per heavy atom. The van der Waals surface area contributed by atoms with E-state index in [0.29, 0.717) is 5.95 Å². The summed E-state index contributed by atoms with van der Waals surface area (Å²) in [6, 6.07) is 1.97. The lowest BCUT2D eigenvalue weighted by molar-refractivity contribution is 0.955. The van der Waals surface area contributed by atoms with Crippen molar-refractivity contribution in [1.82, 2.24) is 25.1 Å². The Balaban J connectivity index is 2.17. The number of anilines is 1. The van der Waals surface area contributed by atoms with Crippen LogP contribution >= 0.6 is 0 Å². The predicted molar refractivity (Wildman–Crippen MR) is 78.4 cm³/mol. The van der Waals surface area contributed by atoms with Gasteiger partial charge >= 0.3 is 0 Å². The molecular weight excluding hydrogens is 252 g/mol. The van der Waals surface area contributed by atoms with Gasteiger partial charge in [-0.2, -0.15) is 10.1 Å². The second-order valence-corrected chi connectivity index (χ2v) is 4.65. The van der Waals surface area contributed by atoms with Gasteiger partial charge in [0.25, 0.3) is 0 Å². The summed E-state index contributed by atoms with van der Waals surface area (Å²) in [6.07, 6.45) is 6.38. The minimum atomic E-state index is 0.613. The normalized spacial score (nSPS) is 10.9. The summed E-state index contributed by atoms with van der Waals surface area (Å²) in [4.78, 5) is 13.2. The second-order valence-electron chi connectivity index (χ2n) is 4.65. The number of fused-ring (bicyclic) bond motifs is 1. The van der Waals surface area contributed by atoms with Gasteiger partial charge in [0.2, 0.25) is 5.95 Å². The molecule has 0 saturated carbocycles. The first-order valence-corrected chi connectivity index (χ1v) is 6.65. The zero-order chi connectivity index (χ0) is 13.9. The van der Waals surface area contributed by atoms with Crippen LogP contribution in [0.1, 0.15) is 18.9 Å². The molecule has 0 aliphatic rings. The van der Waals surface area contributed by atoms with Crippen molar-refractivity contribution in [1.29, 1.82) is 0 Å². The largest absolute Gasteiger partial charge is 0.354 e. The van der Waals surface area contributed by atoms with Gasteiger partial charge in [-0.1, -0.05) is 6.92 Å². The van der Waals surface area contributed by atoms with E-state index in [1.54, 1.807) is 12.4 Å². The molecule has 0 unspecified atom stereocenters. The number of rotatable bonds is 4. The molecule has 0 aromatic carbocycles. The highest BCUT2D eigenvalue weighted by Gasteiger charge is 2.13. The Hall–Kier alpha value is -2.50. The van der Waals surface area contributed by atoms with Gasteiger partial charge in [0, 0.05) is 24.5 Å². The van der Waals surface area contributed by atoms with E-state index in [4.69, 9.17) is 0 Å². The Morgan fingerprint density at radius 2 is 2.15 bits per heavy atom. The molecule has 2 N–H and O–H groups in total. The first-order chi connectivity index (χ1) is 9.79. The van der Waals surface area contributed by atoms with Gasteiger partial charge < -0.3 is 5.32 Å². The zero-order valence-corrected chi connectivity index (χ0v) is 11.5. The molecule has 6 heteroatoms. The van der Waals surface area contributed by atoms with Crippen molar-refractivity contribution in [2.24, 2.45) is 0 Å². The van der Waals surface area contributed by atoms with E-state index in [1.807, 2.05) is 19.2 Å². The number of hydrogen-bond acceptors (Lipinski definition) is 5. The zero-order valence-electron chi connectivity index (χ0n) is 11.5. The molecule has 3 aromatic rings. The van der Waals surface area contributed by atoms with E-state index in [0.717, 1.165) is 40.8 Å². The molecule has 0 fully saturated rings. The fraction of sp³-hybridized carbons (Fsp3) is 0.286. The summed E-state index contributed by atoms with van der Waals surface area (Å²) >= 11 is 0. The summed E-state index contributed by atoms with van der Waals surface area (Å²) in [6.45, 7) is 4.99. The van der Waals surface area contributed by atoms with Crippen molar-refractivity contribution < 1.29 is 0 Å². The predicted octanol–water partition coefficient (Wildman–Crippen LogP) is 2.55. The summed E-state index contributed by atoms with van der Waals surface area (Å²) in [7, 11) is 0. The first-order valence-electron chi connectivity index (χ1n) is 6.65. The van der Waals surface area contributed by atoms with Crippen molar-refractivity contribution in [2.75, 3.05) is 11.9 Å². The van der Waals surface area contributed by atoms with Gasteiger partial charge in [-0.3, -0.25) is 10.1 Å². The van der Waals surface area contributed by atoms with Crippen LogP contribution in [0, 0.1) is 6.92 Å². The number of hydrogen-bond donors (Lipinski definition) is 2. The highest BCUT2D eigenvalue weighted by Crippen LogP contribution is 2.27. The number of aryl methyl sites for hydroxylation is 1. The molecule has 0 saturated heterocycles. The van der Waals surface area contributed by atoms with E-state index >= 15 is 0 Å². The van der Waals surface area contributed by atoms with Crippen LogP contribution in [0.25, 0.3) is 22.3 Å². The molecule has 0 spiro atoms. The van der Waals surface area contributed by atoms with Crippen LogP contribution in [-0.2, 0) is 0 Å². The molecular formula is C14H16N6. The van der Waals surface area contributed by atoms with Crippen LogP contribution in [0.2, 0.25) is 0 Å². The molecule has 3 rings (SSSR count). The van der Waals surface area contributed by atoms with E-state index in [9.17, 15) is 0 Å². The van der Waals surface area contributed by atoms with Gasteiger partial charge in [-0.25, -0.2) is 4.98 Å². The summed E-state index contributed by atoms with van der Waals surface area (Å²) in [5, 5.41) is 11.1. The Labute approximate surface area is 116 Å². The van der Waals surface area contributed by atoms with Crippen LogP contribution in [0.5, 0.6) is 0 Å². The van der Waals surface area contributed by atoms with E-state index in [2.05, 4.69) is 37.4 Å². The molecule has 0 aliphatic heterocycles. The molecule has 0 aliphatic carbocycles. The quantitative estimate of drug-likeness (QED) is 0.760. The molecule has 0 bridgehead atoms. The van der Waals surface area contributed by atoms with Crippen molar-refractivity contribution >= 4 is 17.0 Å². The lowest BCUT2D eigenvalue weighted by atomic mass is 10.1. The van der Waals surface area contributed by atoms with E-state index < -0.39 is 0 Å². The third-order valence-electron chi connectivity index (χ3n) is 3.14. The fourth-order valence-corrected chi connectivity index (χ4v) is 2.07. The average molecular weight is 268 g/mol. The molecule has 3 heterocycles. The van der Waals surface area contributed by atoms with Crippen molar-refractivity contribution in [3.8, 4) is 11.3 Å².